The number of rotatable bonds is 4. The SMILES string of the molecule is Cc1nc(COc2coc(CO)cc2=O)no1. The molecule has 17 heavy (non-hydrogen) atoms. The minimum absolute atomic E-state index is 0.0145. The van der Waals surface area contributed by atoms with Crippen LogP contribution in [0.5, 0.6) is 5.75 Å². The maximum absolute atomic E-state index is 11.5. The molecule has 0 aliphatic heterocycles. The summed E-state index contributed by atoms with van der Waals surface area (Å²) in [4.78, 5) is 15.4. The van der Waals surface area contributed by atoms with Gasteiger partial charge in [-0.3, -0.25) is 4.79 Å². The lowest BCUT2D eigenvalue weighted by molar-refractivity contribution is 0.234. The standard InChI is InChI=1S/C10H10N2O5/c1-6-11-10(12-17-6)5-16-9-4-15-7(3-13)2-8(9)14/h2,4,13H,3,5H2,1H3. The van der Waals surface area contributed by atoms with E-state index < -0.39 is 0 Å². The maximum atomic E-state index is 11.5. The zero-order valence-corrected chi connectivity index (χ0v) is 9.04. The lowest BCUT2D eigenvalue weighted by Crippen LogP contribution is -2.08. The summed E-state index contributed by atoms with van der Waals surface area (Å²) in [7, 11) is 0. The molecule has 0 spiro atoms. The summed E-state index contributed by atoms with van der Waals surface area (Å²) in [6.45, 7) is 1.33. The maximum Gasteiger partial charge on any atom is 0.227 e. The van der Waals surface area contributed by atoms with Gasteiger partial charge in [-0.15, -0.1) is 0 Å². The van der Waals surface area contributed by atoms with E-state index in [1.54, 1.807) is 6.92 Å². The zero-order chi connectivity index (χ0) is 12.3. The highest BCUT2D eigenvalue weighted by Gasteiger charge is 2.07. The summed E-state index contributed by atoms with van der Waals surface area (Å²) in [6, 6.07) is 1.16. The van der Waals surface area contributed by atoms with E-state index in [0.717, 1.165) is 12.3 Å². The van der Waals surface area contributed by atoms with Crippen molar-refractivity contribution in [2.24, 2.45) is 0 Å². The number of nitrogens with zero attached hydrogens (tertiary/aromatic N) is 2. The monoisotopic (exact) mass is 238 g/mol. The second-order valence-electron chi connectivity index (χ2n) is 3.25. The third kappa shape index (κ3) is 2.70. The van der Waals surface area contributed by atoms with Crippen molar-refractivity contribution in [1.82, 2.24) is 10.1 Å². The Balaban J connectivity index is 2.06. The summed E-state index contributed by atoms with van der Waals surface area (Å²) < 4.78 is 14.8. The van der Waals surface area contributed by atoms with E-state index in [4.69, 9.17) is 18.8 Å². The van der Waals surface area contributed by atoms with Crippen molar-refractivity contribution in [3.8, 4) is 5.75 Å². The highest BCUT2D eigenvalue weighted by Crippen LogP contribution is 2.07. The van der Waals surface area contributed by atoms with Gasteiger partial charge >= 0.3 is 0 Å². The number of aliphatic hydroxyl groups is 1. The third-order valence-electron chi connectivity index (χ3n) is 1.93. The number of hydrogen-bond acceptors (Lipinski definition) is 7. The number of hydrogen-bond donors (Lipinski definition) is 1. The lowest BCUT2D eigenvalue weighted by Gasteiger charge is -2.01. The Morgan fingerprint density at radius 1 is 1.53 bits per heavy atom. The van der Waals surface area contributed by atoms with Gasteiger partial charge in [0.05, 0.1) is 0 Å². The van der Waals surface area contributed by atoms with Crippen LogP contribution in [0.3, 0.4) is 0 Å². The molecule has 1 N–H and O–H groups in total. The second-order valence-corrected chi connectivity index (χ2v) is 3.25. The van der Waals surface area contributed by atoms with Crippen LogP contribution in [0.2, 0.25) is 0 Å². The largest absolute Gasteiger partial charge is 0.478 e. The van der Waals surface area contributed by atoms with E-state index in [1.165, 1.54) is 0 Å². The van der Waals surface area contributed by atoms with Crippen LogP contribution in [-0.4, -0.2) is 15.2 Å². The molecule has 0 bridgehead atoms. The van der Waals surface area contributed by atoms with Crippen LogP contribution in [0, 0.1) is 6.92 Å². The lowest BCUT2D eigenvalue weighted by atomic mass is 10.4. The zero-order valence-electron chi connectivity index (χ0n) is 9.04. The summed E-state index contributed by atoms with van der Waals surface area (Å²) in [5.41, 5.74) is -0.375. The Hall–Kier alpha value is -2.15. The molecule has 2 rings (SSSR count). The minimum atomic E-state index is -0.375. The molecule has 7 heteroatoms. The Morgan fingerprint density at radius 2 is 2.35 bits per heavy atom. The highest BCUT2D eigenvalue weighted by atomic mass is 16.5. The van der Waals surface area contributed by atoms with Crippen molar-refractivity contribution in [2.45, 2.75) is 20.1 Å². The van der Waals surface area contributed by atoms with Crippen LogP contribution in [0.1, 0.15) is 17.5 Å². The molecule has 0 amide bonds. The smallest absolute Gasteiger partial charge is 0.227 e. The van der Waals surface area contributed by atoms with Gasteiger partial charge in [-0.2, -0.15) is 4.98 Å². The molecule has 0 aromatic carbocycles. The van der Waals surface area contributed by atoms with Crippen molar-refractivity contribution in [3.05, 3.63) is 40.0 Å². The number of aliphatic hydroxyl groups excluding tert-OH is 1. The van der Waals surface area contributed by atoms with Crippen LogP contribution >= 0.6 is 0 Å². The normalized spacial score (nSPS) is 10.5. The molecule has 0 radical (unpaired) electrons. The van der Waals surface area contributed by atoms with Crippen LogP contribution in [0.4, 0.5) is 0 Å². The highest BCUT2D eigenvalue weighted by molar-refractivity contribution is 5.17. The summed E-state index contributed by atoms with van der Waals surface area (Å²) in [5.74, 6) is 0.974. The fourth-order valence-electron chi connectivity index (χ4n) is 1.17. The first-order valence-electron chi connectivity index (χ1n) is 4.83. The molecule has 0 saturated heterocycles. The molecule has 0 fully saturated rings. The van der Waals surface area contributed by atoms with Crippen molar-refractivity contribution < 1.29 is 18.8 Å². The van der Waals surface area contributed by atoms with Crippen LogP contribution in [0.15, 0.2) is 26.1 Å². The molecule has 0 unspecified atom stereocenters. The predicted octanol–water partition coefficient (Wildman–Crippen LogP) is 0.403. The fraction of sp³-hybridized carbons (Fsp3) is 0.300. The molecule has 2 heterocycles. The van der Waals surface area contributed by atoms with E-state index in [1.807, 2.05) is 0 Å². The Kier molecular flexibility index (Phi) is 3.20. The second kappa shape index (κ2) is 4.79. The molecule has 7 nitrogen and oxygen atoms in total. The molecule has 90 valence electrons. The van der Waals surface area contributed by atoms with Gasteiger partial charge in [0.15, 0.2) is 6.61 Å². The van der Waals surface area contributed by atoms with Gasteiger partial charge in [-0.1, -0.05) is 5.16 Å². The number of aromatic nitrogens is 2. The minimum Gasteiger partial charge on any atom is -0.478 e. The average molecular weight is 238 g/mol. The van der Waals surface area contributed by atoms with Gasteiger partial charge in [0.2, 0.25) is 22.9 Å². The van der Waals surface area contributed by atoms with Gasteiger partial charge in [0.1, 0.15) is 18.6 Å². The average Bonchev–Trinajstić information content (AvgIpc) is 2.73. The molecular weight excluding hydrogens is 228 g/mol. The summed E-state index contributed by atoms with van der Waals surface area (Å²) >= 11 is 0. The first-order chi connectivity index (χ1) is 8.19. The van der Waals surface area contributed by atoms with Crippen LogP contribution in [-0.2, 0) is 13.2 Å². The Labute approximate surface area is 95.6 Å². The topological polar surface area (TPSA) is 98.6 Å². The van der Waals surface area contributed by atoms with Crippen molar-refractivity contribution in [1.29, 1.82) is 0 Å². The van der Waals surface area contributed by atoms with E-state index in [9.17, 15) is 4.79 Å². The quantitative estimate of drug-likeness (QED) is 0.823. The predicted molar refractivity (Wildman–Crippen MR) is 54.3 cm³/mol. The number of ether oxygens (including phenoxy) is 1. The van der Waals surface area contributed by atoms with Crippen molar-refractivity contribution >= 4 is 0 Å². The van der Waals surface area contributed by atoms with Crippen molar-refractivity contribution in [2.75, 3.05) is 0 Å². The van der Waals surface area contributed by atoms with E-state index in [-0.39, 0.29) is 30.2 Å². The van der Waals surface area contributed by atoms with Crippen molar-refractivity contribution in [3.63, 3.8) is 0 Å². The van der Waals surface area contributed by atoms with E-state index in [2.05, 4.69) is 10.1 Å². The molecule has 0 aliphatic rings. The van der Waals surface area contributed by atoms with Gasteiger partial charge in [0.25, 0.3) is 0 Å². The first-order valence-corrected chi connectivity index (χ1v) is 4.83. The first kappa shape index (κ1) is 11.3. The molecule has 0 aliphatic carbocycles. The number of aryl methyl sites for hydroxylation is 1. The van der Waals surface area contributed by atoms with Gasteiger partial charge in [0, 0.05) is 13.0 Å². The molecule has 2 aromatic heterocycles. The van der Waals surface area contributed by atoms with Crippen LogP contribution < -0.4 is 10.2 Å². The fourth-order valence-corrected chi connectivity index (χ4v) is 1.17. The van der Waals surface area contributed by atoms with Gasteiger partial charge < -0.3 is 18.8 Å². The molecule has 0 atom stereocenters. The molecule has 2 aromatic rings. The van der Waals surface area contributed by atoms with Gasteiger partial charge in [-0.25, -0.2) is 0 Å². The summed E-state index contributed by atoms with van der Waals surface area (Å²) in [5, 5.41) is 12.4. The van der Waals surface area contributed by atoms with Crippen LogP contribution in [0.25, 0.3) is 0 Å². The van der Waals surface area contributed by atoms with E-state index >= 15 is 0 Å². The van der Waals surface area contributed by atoms with E-state index in [0.29, 0.717) is 11.7 Å². The summed E-state index contributed by atoms with van der Waals surface area (Å²) in [6.07, 6.45) is 1.14. The Morgan fingerprint density at radius 3 is 2.94 bits per heavy atom. The van der Waals surface area contributed by atoms with Gasteiger partial charge in [-0.05, 0) is 0 Å². The molecule has 0 saturated carbocycles. The molecular formula is C10H10N2O5. The third-order valence-corrected chi connectivity index (χ3v) is 1.93. The Bertz CT molecular complexity index is 560.